The largest absolute Gasteiger partial charge is 0.399 e. The van der Waals surface area contributed by atoms with Gasteiger partial charge in [0.25, 0.3) is 0 Å². The molecule has 1 aliphatic rings. The van der Waals surface area contributed by atoms with E-state index in [2.05, 4.69) is 5.32 Å². The van der Waals surface area contributed by atoms with Crippen molar-refractivity contribution in [1.29, 1.82) is 0 Å². The van der Waals surface area contributed by atoms with E-state index in [1.807, 2.05) is 32.0 Å². The Labute approximate surface area is 102 Å². The lowest BCUT2D eigenvalue weighted by Gasteiger charge is -2.13. The molecule has 1 saturated carbocycles. The molecule has 3 heteroatoms. The van der Waals surface area contributed by atoms with Gasteiger partial charge in [-0.2, -0.15) is 0 Å². The Kier molecular flexibility index (Phi) is 3.36. The maximum Gasteiger partial charge on any atom is 0.223 e. The fourth-order valence-electron chi connectivity index (χ4n) is 2.05. The topological polar surface area (TPSA) is 55.1 Å². The molecule has 3 nitrogen and oxygen atoms in total. The Morgan fingerprint density at radius 2 is 2.24 bits per heavy atom. The molecular formula is C14H20N2O. The van der Waals surface area contributed by atoms with Crippen LogP contribution in [0.1, 0.15) is 30.9 Å². The summed E-state index contributed by atoms with van der Waals surface area (Å²) >= 11 is 0. The Bertz CT molecular complexity index is 424. The smallest absolute Gasteiger partial charge is 0.223 e. The third kappa shape index (κ3) is 2.78. The molecule has 0 spiro atoms. The normalized spacial score (nSPS) is 16.6. The highest BCUT2D eigenvalue weighted by Crippen LogP contribution is 2.36. The van der Waals surface area contributed by atoms with Crippen molar-refractivity contribution in [2.24, 2.45) is 11.8 Å². The summed E-state index contributed by atoms with van der Waals surface area (Å²) in [5.74, 6) is 0.919. The van der Waals surface area contributed by atoms with Crippen LogP contribution in [0.5, 0.6) is 0 Å². The van der Waals surface area contributed by atoms with Gasteiger partial charge in [0, 0.05) is 18.2 Å². The Hall–Kier alpha value is -1.51. The SMILES string of the molecule is Cc1c(N)cccc1CNC(=O)C(C)C1CC1. The van der Waals surface area contributed by atoms with Crippen molar-refractivity contribution in [1.82, 2.24) is 5.32 Å². The number of nitrogen functional groups attached to an aromatic ring is 1. The van der Waals surface area contributed by atoms with Gasteiger partial charge in [0.2, 0.25) is 5.91 Å². The Morgan fingerprint density at radius 3 is 2.88 bits per heavy atom. The molecule has 1 fully saturated rings. The van der Waals surface area contributed by atoms with Gasteiger partial charge < -0.3 is 11.1 Å². The van der Waals surface area contributed by atoms with Gasteiger partial charge in [-0.1, -0.05) is 19.1 Å². The van der Waals surface area contributed by atoms with Gasteiger partial charge in [0.05, 0.1) is 0 Å². The monoisotopic (exact) mass is 232 g/mol. The van der Waals surface area contributed by atoms with Gasteiger partial charge in [-0.25, -0.2) is 0 Å². The minimum atomic E-state index is 0.149. The van der Waals surface area contributed by atoms with Crippen LogP contribution in [0.4, 0.5) is 5.69 Å². The number of hydrogen-bond donors (Lipinski definition) is 2. The molecule has 0 bridgehead atoms. The van der Waals surface area contributed by atoms with Crippen molar-refractivity contribution in [2.75, 3.05) is 5.73 Å². The number of carbonyl (C=O) groups is 1. The number of benzene rings is 1. The van der Waals surface area contributed by atoms with Gasteiger partial charge in [-0.15, -0.1) is 0 Å². The van der Waals surface area contributed by atoms with Crippen molar-refractivity contribution >= 4 is 11.6 Å². The van der Waals surface area contributed by atoms with Gasteiger partial charge >= 0.3 is 0 Å². The van der Waals surface area contributed by atoms with E-state index in [0.717, 1.165) is 16.8 Å². The van der Waals surface area contributed by atoms with Crippen LogP contribution >= 0.6 is 0 Å². The number of nitrogens with two attached hydrogens (primary N) is 1. The van der Waals surface area contributed by atoms with E-state index in [-0.39, 0.29) is 11.8 Å². The quantitative estimate of drug-likeness (QED) is 0.782. The Balaban J connectivity index is 1.93. The third-order valence-corrected chi connectivity index (χ3v) is 3.68. The first-order chi connectivity index (χ1) is 8.09. The average Bonchev–Trinajstić information content (AvgIpc) is 3.13. The summed E-state index contributed by atoms with van der Waals surface area (Å²) in [4.78, 5) is 11.9. The van der Waals surface area contributed by atoms with E-state index in [9.17, 15) is 4.79 Å². The second kappa shape index (κ2) is 4.78. The second-order valence-electron chi connectivity index (χ2n) is 4.98. The fraction of sp³-hybridized carbons (Fsp3) is 0.500. The van der Waals surface area contributed by atoms with Crippen LogP contribution < -0.4 is 11.1 Å². The zero-order valence-corrected chi connectivity index (χ0v) is 10.5. The van der Waals surface area contributed by atoms with E-state index in [1.165, 1.54) is 12.8 Å². The van der Waals surface area contributed by atoms with Crippen LogP contribution in [-0.2, 0) is 11.3 Å². The summed E-state index contributed by atoms with van der Waals surface area (Å²) in [5, 5.41) is 2.99. The summed E-state index contributed by atoms with van der Waals surface area (Å²) in [6, 6.07) is 5.81. The predicted octanol–water partition coefficient (Wildman–Crippen LogP) is 2.24. The van der Waals surface area contributed by atoms with Crippen LogP contribution in [0, 0.1) is 18.8 Å². The zero-order valence-electron chi connectivity index (χ0n) is 10.5. The van der Waals surface area contributed by atoms with E-state index < -0.39 is 0 Å². The van der Waals surface area contributed by atoms with Gasteiger partial charge in [-0.3, -0.25) is 4.79 Å². The molecule has 1 amide bonds. The van der Waals surface area contributed by atoms with E-state index in [0.29, 0.717) is 12.5 Å². The third-order valence-electron chi connectivity index (χ3n) is 3.68. The van der Waals surface area contributed by atoms with Crippen LogP contribution in [0.3, 0.4) is 0 Å². The fourth-order valence-corrected chi connectivity index (χ4v) is 2.05. The van der Waals surface area contributed by atoms with Crippen molar-refractivity contribution in [3.8, 4) is 0 Å². The molecule has 0 heterocycles. The summed E-state index contributed by atoms with van der Waals surface area (Å²) in [5.41, 5.74) is 8.78. The summed E-state index contributed by atoms with van der Waals surface area (Å²) in [6.45, 7) is 4.58. The van der Waals surface area contributed by atoms with Crippen molar-refractivity contribution in [2.45, 2.75) is 33.2 Å². The molecule has 0 radical (unpaired) electrons. The molecule has 2 rings (SSSR count). The first kappa shape index (κ1) is 12.0. The number of hydrogen-bond acceptors (Lipinski definition) is 2. The van der Waals surface area contributed by atoms with Crippen LogP contribution in [0.2, 0.25) is 0 Å². The van der Waals surface area contributed by atoms with Crippen LogP contribution in [-0.4, -0.2) is 5.91 Å². The lowest BCUT2D eigenvalue weighted by atomic mass is 10.0. The number of anilines is 1. The van der Waals surface area contributed by atoms with Crippen LogP contribution in [0.15, 0.2) is 18.2 Å². The molecule has 92 valence electrons. The van der Waals surface area contributed by atoms with Crippen LogP contribution in [0.25, 0.3) is 0 Å². The minimum Gasteiger partial charge on any atom is -0.399 e. The molecule has 17 heavy (non-hydrogen) atoms. The number of amides is 1. The molecular weight excluding hydrogens is 212 g/mol. The summed E-state index contributed by atoms with van der Waals surface area (Å²) in [7, 11) is 0. The van der Waals surface area contributed by atoms with Crippen molar-refractivity contribution < 1.29 is 4.79 Å². The summed E-state index contributed by atoms with van der Waals surface area (Å²) < 4.78 is 0. The maximum atomic E-state index is 11.9. The standard InChI is InChI=1S/C14H20N2O/c1-9-12(4-3-5-13(9)15)8-16-14(17)10(2)11-6-7-11/h3-5,10-11H,6-8,15H2,1-2H3,(H,16,17). The molecule has 1 atom stereocenters. The van der Waals surface area contributed by atoms with Gasteiger partial charge in [0.1, 0.15) is 0 Å². The zero-order chi connectivity index (χ0) is 12.4. The molecule has 1 aromatic rings. The highest BCUT2D eigenvalue weighted by Gasteiger charge is 2.32. The van der Waals surface area contributed by atoms with E-state index in [1.54, 1.807) is 0 Å². The second-order valence-corrected chi connectivity index (χ2v) is 4.98. The average molecular weight is 232 g/mol. The molecule has 1 aliphatic carbocycles. The Morgan fingerprint density at radius 1 is 1.53 bits per heavy atom. The number of carbonyl (C=O) groups excluding carboxylic acids is 1. The van der Waals surface area contributed by atoms with Gasteiger partial charge in [-0.05, 0) is 42.9 Å². The highest BCUT2D eigenvalue weighted by atomic mass is 16.1. The molecule has 1 aromatic carbocycles. The first-order valence-corrected chi connectivity index (χ1v) is 6.21. The molecule has 1 unspecified atom stereocenters. The molecule has 0 aliphatic heterocycles. The lowest BCUT2D eigenvalue weighted by Crippen LogP contribution is -2.30. The summed E-state index contributed by atoms with van der Waals surface area (Å²) in [6.07, 6.45) is 2.40. The molecule has 0 aromatic heterocycles. The number of rotatable bonds is 4. The van der Waals surface area contributed by atoms with E-state index in [4.69, 9.17) is 5.73 Å². The maximum absolute atomic E-state index is 11.9. The van der Waals surface area contributed by atoms with Crippen molar-refractivity contribution in [3.63, 3.8) is 0 Å². The lowest BCUT2D eigenvalue weighted by molar-refractivity contribution is -0.125. The first-order valence-electron chi connectivity index (χ1n) is 6.21. The molecule has 3 N–H and O–H groups in total. The minimum absolute atomic E-state index is 0.149. The highest BCUT2D eigenvalue weighted by molar-refractivity contribution is 5.79. The number of nitrogens with one attached hydrogen (secondary N) is 1. The predicted molar refractivity (Wildman–Crippen MR) is 69.3 cm³/mol. The molecule has 0 saturated heterocycles. The van der Waals surface area contributed by atoms with Crippen molar-refractivity contribution in [3.05, 3.63) is 29.3 Å². The van der Waals surface area contributed by atoms with E-state index >= 15 is 0 Å². The van der Waals surface area contributed by atoms with Gasteiger partial charge in [0.15, 0.2) is 0 Å².